The van der Waals surface area contributed by atoms with E-state index >= 15 is 0 Å². The van der Waals surface area contributed by atoms with Gasteiger partial charge in [0, 0.05) is 25.2 Å². The van der Waals surface area contributed by atoms with Gasteiger partial charge < -0.3 is 4.74 Å². The first-order valence-electron chi connectivity index (χ1n) is 10.1. The van der Waals surface area contributed by atoms with Gasteiger partial charge in [-0.3, -0.25) is 4.90 Å². The number of ether oxygens (including phenoxy) is 1. The minimum atomic E-state index is -0.539. The van der Waals surface area contributed by atoms with Crippen molar-refractivity contribution in [2.75, 3.05) is 13.1 Å². The first-order valence-corrected chi connectivity index (χ1v) is 11.0. The van der Waals surface area contributed by atoms with Gasteiger partial charge in [0.25, 0.3) is 0 Å². The summed E-state index contributed by atoms with van der Waals surface area (Å²) in [4.78, 5) is 10.8. The molecule has 1 aliphatic heterocycles. The van der Waals surface area contributed by atoms with E-state index in [2.05, 4.69) is 52.1 Å². The number of fused-ring (bicyclic) bond motifs is 2. The summed E-state index contributed by atoms with van der Waals surface area (Å²) >= 11 is 1.68. The Hall–Kier alpha value is -2.83. The van der Waals surface area contributed by atoms with Crippen molar-refractivity contribution >= 4 is 21.6 Å². The average Bonchev–Trinajstić information content (AvgIpc) is 3.12. The minimum Gasteiger partial charge on any atom is -0.439 e. The zero-order valence-electron chi connectivity index (χ0n) is 16.7. The van der Waals surface area contributed by atoms with Crippen molar-refractivity contribution in [2.45, 2.75) is 25.8 Å². The van der Waals surface area contributed by atoms with Crippen molar-refractivity contribution in [3.8, 4) is 11.6 Å². The molecule has 5 rings (SSSR count). The van der Waals surface area contributed by atoms with Crippen LogP contribution < -0.4 is 4.74 Å². The molecule has 0 N–H and O–H groups in total. The molecule has 1 unspecified atom stereocenters. The van der Waals surface area contributed by atoms with Crippen molar-refractivity contribution in [3.63, 3.8) is 0 Å². The largest absolute Gasteiger partial charge is 0.439 e. The molecule has 0 radical (unpaired) electrons. The molecule has 0 aliphatic carbocycles. The molecule has 0 bridgehead atoms. The summed E-state index contributed by atoms with van der Waals surface area (Å²) in [7, 11) is 0. The number of nitrogens with zero attached hydrogens (tertiary/aromatic N) is 3. The summed E-state index contributed by atoms with van der Waals surface area (Å²) in [5, 5.41) is 0. The molecule has 0 saturated heterocycles. The van der Waals surface area contributed by atoms with Gasteiger partial charge in [-0.25, -0.2) is 4.98 Å². The minimum absolute atomic E-state index is 0.274. The molecule has 0 amide bonds. The molecule has 152 valence electrons. The number of hydrogen-bond acceptors (Lipinski definition) is 5. The highest BCUT2D eigenvalue weighted by Crippen LogP contribution is 2.30. The van der Waals surface area contributed by atoms with E-state index in [1.54, 1.807) is 23.5 Å². The van der Waals surface area contributed by atoms with Crippen molar-refractivity contribution in [2.24, 2.45) is 0 Å². The van der Waals surface area contributed by atoms with Gasteiger partial charge in [0.2, 0.25) is 11.8 Å². The molecule has 2 aromatic carbocycles. The zero-order chi connectivity index (χ0) is 20.5. The summed E-state index contributed by atoms with van der Waals surface area (Å²) in [6.07, 6.45) is 1.95. The van der Waals surface area contributed by atoms with E-state index in [1.807, 2.05) is 11.6 Å². The highest BCUT2D eigenvalue weighted by atomic mass is 32.1. The number of benzene rings is 2. The quantitative estimate of drug-likeness (QED) is 0.393. The molecule has 6 heteroatoms. The Labute approximate surface area is 179 Å². The number of hydrogen-bond donors (Lipinski definition) is 0. The fourth-order valence-electron chi connectivity index (χ4n) is 4.08. The van der Waals surface area contributed by atoms with Crippen molar-refractivity contribution < 1.29 is 9.13 Å². The van der Waals surface area contributed by atoms with Gasteiger partial charge in [0.05, 0.1) is 15.7 Å². The maximum absolute atomic E-state index is 13.3. The Kier molecular flexibility index (Phi) is 5.19. The van der Waals surface area contributed by atoms with E-state index in [-0.39, 0.29) is 5.88 Å². The summed E-state index contributed by atoms with van der Waals surface area (Å²) in [5.41, 5.74) is 6.92. The van der Waals surface area contributed by atoms with Gasteiger partial charge in [-0.1, -0.05) is 18.2 Å². The Morgan fingerprint density at radius 1 is 1.03 bits per heavy atom. The Morgan fingerprint density at radius 2 is 1.90 bits per heavy atom. The maximum atomic E-state index is 13.3. The molecule has 3 heterocycles. The Morgan fingerprint density at radius 3 is 2.77 bits per heavy atom. The Balaban J connectivity index is 1.31. The van der Waals surface area contributed by atoms with Crippen LogP contribution in [0.1, 0.15) is 29.7 Å². The molecule has 1 atom stereocenters. The van der Waals surface area contributed by atoms with Gasteiger partial charge in [-0.05, 0) is 66.8 Å². The summed E-state index contributed by atoms with van der Waals surface area (Å²) in [5.74, 6) is 0.432. The molecule has 1 aliphatic rings. The summed E-state index contributed by atoms with van der Waals surface area (Å²) in [6.45, 7) is 4.26. The van der Waals surface area contributed by atoms with Gasteiger partial charge in [-0.2, -0.15) is 9.37 Å². The van der Waals surface area contributed by atoms with Crippen molar-refractivity contribution in [1.29, 1.82) is 0 Å². The predicted molar refractivity (Wildman–Crippen MR) is 118 cm³/mol. The third kappa shape index (κ3) is 3.93. The third-order valence-corrected chi connectivity index (χ3v) is 6.62. The fraction of sp³-hybridized carbons (Fsp3) is 0.250. The molecule has 0 spiro atoms. The van der Waals surface area contributed by atoms with Crippen LogP contribution in [0.25, 0.3) is 10.2 Å². The summed E-state index contributed by atoms with van der Waals surface area (Å²) < 4.78 is 20.3. The van der Waals surface area contributed by atoms with E-state index in [0.29, 0.717) is 11.8 Å². The van der Waals surface area contributed by atoms with E-state index in [9.17, 15) is 4.39 Å². The van der Waals surface area contributed by atoms with E-state index in [0.717, 1.165) is 31.4 Å². The van der Waals surface area contributed by atoms with Crippen molar-refractivity contribution in [3.05, 3.63) is 82.7 Å². The number of aromatic nitrogens is 2. The van der Waals surface area contributed by atoms with Crippen LogP contribution in [0.5, 0.6) is 11.6 Å². The van der Waals surface area contributed by atoms with Crippen LogP contribution in [0, 0.1) is 5.95 Å². The number of halogens is 1. The van der Waals surface area contributed by atoms with E-state index in [4.69, 9.17) is 4.74 Å². The van der Waals surface area contributed by atoms with Gasteiger partial charge in [0.1, 0.15) is 5.75 Å². The topological polar surface area (TPSA) is 38.2 Å². The number of pyridine rings is 1. The van der Waals surface area contributed by atoms with Crippen LogP contribution in [-0.4, -0.2) is 28.0 Å². The first-order chi connectivity index (χ1) is 14.7. The second-order valence-electron chi connectivity index (χ2n) is 7.62. The first kappa shape index (κ1) is 19.2. The summed E-state index contributed by atoms with van der Waals surface area (Å²) in [6, 6.07) is 17.7. The lowest BCUT2D eigenvalue weighted by Crippen LogP contribution is -2.29. The molecule has 0 fully saturated rings. The van der Waals surface area contributed by atoms with Gasteiger partial charge >= 0.3 is 0 Å². The lowest BCUT2D eigenvalue weighted by molar-refractivity contribution is 0.221. The third-order valence-electron chi connectivity index (χ3n) is 5.81. The monoisotopic (exact) mass is 419 g/mol. The van der Waals surface area contributed by atoms with Crippen LogP contribution in [0.3, 0.4) is 0 Å². The molecular weight excluding hydrogens is 397 g/mol. The second-order valence-corrected chi connectivity index (χ2v) is 8.51. The smallest absolute Gasteiger partial charge is 0.221 e. The van der Waals surface area contributed by atoms with Crippen LogP contribution >= 0.6 is 11.3 Å². The van der Waals surface area contributed by atoms with Crippen molar-refractivity contribution in [1.82, 2.24) is 14.9 Å². The van der Waals surface area contributed by atoms with Gasteiger partial charge in [-0.15, -0.1) is 11.3 Å². The van der Waals surface area contributed by atoms with Crippen LogP contribution in [-0.2, 0) is 12.8 Å². The number of rotatable bonds is 4. The Bertz CT molecular complexity index is 1190. The van der Waals surface area contributed by atoms with Crippen LogP contribution in [0.2, 0.25) is 0 Å². The molecule has 30 heavy (non-hydrogen) atoms. The van der Waals surface area contributed by atoms with E-state index in [1.165, 1.54) is 27.5 Å². The highest BCUT2D eigenvalue weighted by Gasteiger charge is 2.20. The molecule has 4 aromatic rings. The van der Waals surface area contributed by atoms with Crippen LogP contribution in [0.15, 0.2) is 60.1 Å². The predicted octanol–water partition coefficient (Wildman–Crippen LogP) is 5.78. The molecule has 0 saturated carbocycles. The molecule has 4 nitrogen and oxygen atoms in total. The highest BCUT2D eigenvalue weighted by molar-refractivity contribution is 7.16. The molecule has 2 aromatic heterocycles. The number of thiazole rings is 1. The SMILES string of the molecule is CC(c1ccc2scnc2c1)N1CCc2ccc(Oc3cccc(F)n3)cc2CC1. The standard InChI is InChI=1S/C24H22FN3OS/c1-16(18-6-8-22-21(14-18)26-15-30-22)28-11-9-17-5-7-20(13-19(17)10-12-28)29-24-4-2-3-23(25)27-24/h2-8,13-16H,9-12H2,1H3. The molecular formula is C24H22FN3OS. The van der Waals surface area contributed by atoms with Crippen LogP contribution in [0.4, 0.5) is 4.39 Å². The maximum Gasteiger partial charge on any atom is 0.221 e. The zero-order valence-corrected chi connectivity index (χ0v) is 17.5. The fourth-order valence-corrected chi connectivity index (χ4v) is 4.74. The average molecular weight is 420 g/mol. The lowest BCUT2D eigenvalue weighted by atomic mass is 10.0. The normalized spacial score (nSPS) is 15.5. The van der Waals surface area contributed by atoms with E-state index < -0.39 is 5.95 Å². The van der Waals surface area contributed by atoms with Gasteiger partial charge in [0.15, 0.2) is 0 Å². The lowest BCUT2D eigenvalue weighted by Gasteiger charge is -2.28. The second kappa shape index (κ2) is 8.13.